The highest BCUT2D eigenvalue weighted by Gasteiger charge is 2.40. The van der Waals surface area contributed by atoms with Gasteiger partial charge in [-0.15, -0.1) is 0 Å². The number of piperidine rings is 1. The van der Waals surface area contributed by atoms with Crippen LogP contribution in [0.15, 0.2) is 6.20 Å². The fourth-order valence-corrected chi connectivity index (χ4v) is 2.06. The second-order valence-corrected chi connectivity index (χ2v) is 4.82. The van der Waals surface area contributed by atoms with E-state index in [9.17, 15) is 13.2 Å². The molecule has 1 aliphatic rings. The Kier molecular flexibility index (Phi) is 3.27. The second-order valence-electron chi connectivity index (χ2n) is 4.82. The van der Waals surface area contributed by atoms with E-state index in [2.05, 4.69) is 10.4 Å². The maximum absolute atomic E-state index is 12.8. The third-order valence-electron chi connectivity index (χ3n) is 3.08. The molecule has 0 aliphatic carbocycles. The molecule has 1 aromatic heterocycles. The second kappa shape index (κ2) is 4.46. The van der Waals surface area contributed by atoms with Gasteiger partial charge < -0.3 is 10.1 Å². The van der Waals surface area contributed by atoms with Crippen molar-refractivity contribution >= 4 is 0 Å². The zero-order valence-electron chi connectivity index (χ0n) is 10.3. The predicted octanol–water partition coefficient (Wildman–Crippen LogP) is 1.96. The molecule has 18 heavy (non-hydrogen) atoms. The molecule has 0 saturated carbocycles. The van der Waals surface area contributed by atoms with Crippen LogP contribution < -0.4 is 10.1 Å². The van der Waals surface area contributed by atoms with Gasteiger partial charge in [-0.3, -0.25) is 4.68 Å². The van der Waals surface area contributed by atoms with Gasteiger partial charge in [0.2, 0.25) is 5.69 Å². The van der Waals surface area contributed by atoms with Crippen molar-refractivity contribution in [3.8, 4) is 5.75 Å². The van der Waals surface area contributed by atoms with Gasteiger partial charge in [-0.05, 0) is 32.9 Å². The average Bonchev–Trinajstić information content (AvgIpc) is 2.59. The Morgan fingerprint density at radius 1 is 1.39 bits per heavy atom. The number of nitrogens with one attached hydrogen (secondary N) is 1. The highest BCUT2D eigenvalue weighted by molar-refractivity contribution is 5.28. The Balaban J connectivity index is 2.23. The minimum atomic E-state index is -4.49. The van der Waals surface area contributed by atoms with Gasteiger partial charge in [-0.25, -0.2) is 0 Å². The van der Waals surface area contributed by atoms with Gasteiger partial charge in [0.25, 0.3) is 0 Å². The first-order valence-electron chi connectivity index (χ1n) is 5.81. The van der Waals surface area contributed by atoms with Crippen molar-refractivity contribution in [2.75, 3.05) is 13.1 Å². The van der Waals surface area contributed by atoms with Crippen LogP contribution in [0.1, 0.15) is 25.5 Å². The summed E-state index contributed by atoms with van der Waals surface area (Å²) < 4.78 is 45.0. The molecular weight excluding hydrogens is 247 g/mol. The largest absolute Gasteiger partial charge is 0.484 e. The van der Waals surface area contributed by atoms with Crippen molar-refractivity contribution in [1.29, 1.82) is 0 Å². The molecule has 1 saturated heterocycles. The number of ether oxygens (including phenoxy) is 1. The van der Waals surface area contributed by atoms with Crippen LogP contribution in [0.5, 0.6) is 5.75 Å². The Labute approximate surface area is 103 Å². The number of nitrogens with zero attached hydrogens (tertiary/aromatic N) is 2. The van der Waals surface area contributed by atoms with E-state index in [0.717, 1.165) is 17.8 Å². The standard InChI is InChI=1S/C11H16F3N3O/c1-10(3-5-15-6-4-10)18-8-7-17(2)16-9(8)11(12,13)14/h7,15H,3-6H2,1-2H3. The average molecular weight is 263 g/mol. The van der Waals surface area contributed by atoms with Crippen LogP contribution in [0.2, 0.25) is 0 Å². The van der Waals surface area contributed by atoms with Gasteiger partial charge in [0.15, 0.2) is 5.75 Å². The molecule has 4 nitrogen and oxygen atoms in total. The lowest BCUT2D eigenvalue weighted by Gasteiger charge is -2.34. The molecule has 1 fully saturated rings. The van der Waals surface area contributed by atoms with Gasteiger partial charge in [-0.1, -0.05) is 0 Å². The van der Waals surface area contributed by atoms with Gasteiger partial charge in [-0.2, -0.15) is 18.3 Å². The number of hydrogen-bond acceptors (Lipinski definition) is 3. The molecule has 7 heteroatoms. The van der Waals surface area contributed by atoms with Crippen LogP contribution in [0.3, 0.4) is 0 Å². The van der Waals surface area contributed by atoms with E-state index in [1.54, 1.807) is 0 Å². The van der Waals surface area contributed by atoms with Gasteiger partial charge in [0.1, 0.15) is 5.60 Å². The number of rotatable bonds is 2. The highest BCUT2D eigenvalue weighted by atomic mass is 19.4. The molecule has 0 atom stereocenters. The van der Waals surface area contributed by atoms with Crippen LogP contribution in [0.25, 0.3) is 0 Å². The SMILES string of the molecule is Cn1cc(OC2(C)CCNCC2)c(C(F)(F)F)n1. The first kappa shape index (κ1) is 13.2. The van der Waals surface area contributed by atoms with Gasteiger partial charge >= 0.3 is 6.18 Å². The lowest BCUT2D eigenvalue weighted by atomic mass is 9.94. The molecule has 0 radical (unpaired) electrons. The van der Waals surface area contributed by atoms with E-state index < -0.39 is 17.5 Å². The zero-order chi connectivity index (χ0) is 13.4. The quantitative estimate of drug-likeness (QED) is 0.886. The molecular formula is C11H16F3N3O. The van der Waals surface area contributed by atoms with Crippen molar-refractivity contribution in [3.05, 3.63) is 11.9 Å². The fraction of sp³-hybridized carbons (Fsp3) is 0.727. The van der Waals surface area contributed by atoms with E-state index in [1.807, 2.05) is 6.92 Å². The van der Waals surface area contributed by atoms with E-state index in [1.165, 1.54) is 13.2 Å². The van der Waals surface area contributed by atoms with Gasteiger partial charge in [0.05, 0.1) is 6.20 Å². The maximum Gasteiger partial charge on any atom is 0.438 e. The summed E-state index contributed by atoms with van der Waals surface area (Å²) in [7, 11) is 1.45. The van der Waals surface area contributed by atoms with Crippen LogP contribution in [0.4, 0.5) is 13.2 Å². The number of alkyl halides is 3. The third-order valence-corrected chi connectivity index (χ3v) is 3.08. The summed E-state index contributed by atoms with van der Waals surface area (Å²) in [6.45, 7) is 3.33. The molecule has 102 valence electrons. The highest BCUT2D eigenvalue weighted by Crippen LogP contribution is 2.37. The predicted molar refractivity (Wildman–Crippen MR) is 59.3 cm³/mol. The molecule has 2 rings (SSSR count). The zero-order valence-corrected chi connectivity index (χ0v) is 10.3. The Hall–Kier alpha value is -1.24. The van der Waals surface area contributed by atoms with Crippen molar-refractivity contribution in [3.63, 3.8) is 0 Å². The third kappa shape index (κ3) is 2.77. The number of hydrogen-bond donors (Lipinski definition) is 1. The Bertz CT molecular complexity index is 422. The maximum atomic E-state index is 12.8. The van der Waals surface area contributed by atoms with Crippen molar-refractivity contribution in [2.24, 2.45) is 7.05 Å². The molecule has 1 aromatic rings. The summed E-state index contributed by atoms with van der Waals surface area (Å²) in [5.74, 6) is -0.186. The normalized spacial score (nSPS) is 19.8. The molecule has 1 N–H and O–H groups in total. The van der Waals surface area contributed by atoms with Crippen LogP contribution in [-0.2, 0) is 13.2 Å². The lowest BCUT2D eigenvalue weighted by Crippen LogP contribution is -2.44. The number of aryl methyl sites for hydroxylation is 1. The molecule has 0 bridgehead atoms. The summed E-state index contributed by atoms with van der Waals surface area (Å²) >= 11 is 0. The number of halogens is 3. The molecule has 0 amide bonds. The summed E-state index contributed by atoms with van der Waals surface area (Å²) in [6, 6.07) is 0. The Morgan fingerprint density at radius 2 is 2.00 bits per heavy atom. The van der Waals surface area contributed by atoms with E-state index >= 15 is 0 Å². The first-order chi connectivity index (χ1) is 8.30. The summed E-state index contributed by atoms with van der Waals surface area (Å²) in [5.41, 5.74) is -1.52. The molecule has 1 aliphatic heterocycles. The van der Waals surface area contributed by atoms with Crippen LogP contribution in [-0.4, -0.2) is 28.5 Å². The van der Waals surface area contributed by atoms with Gasteiger partial charge in [0, 0.05) is 7.05 Å². The molecule has 0 unspecified atom stereocenters. The monoisotopic (exact) mass is 263 g/mol. The Morgan fingerprint density at radius 3 is 2.56 bits per heavy atom. The van der Waals surface area contributed by atoms with Crippen molar-refractivity contribution in [1.82, 2.24) is 15.1 Å². The van der Waals surface area contributed by atoms with Crippen LogP contribution >= 0.6 is 0 Å². The van der Waals surface area contributed by atoms with Crippen molar-refractivity contribution in [2.45, 2.75) is 31.5 Å². The minimum Gasteiger partial charge on any atom is -0.484 e. The first-order valence-corrected chi connectivity index (χ1v) is 5.81. The molecule has 0 spiro atoms. The molecule has 2 heterocycles. The topological polar surface area (TPSA) is 39.1 Å². The minimum absolute atomic E-state index is 0.186. The summed E-state index contributed by atoms with van der Waals surface area (Å²) in [6.07, 6.45) is -1.85. The van der Waals surface area contributed by atoms with E-state index in [4.69, 9.17) is 4.74 Å². The summed E-state index contributed by atoms with van der Waals surface area (Å²) in [5, 5.41) is 6.58. The smallest absolute Gasteiger partial charge is 0.438 e. The fourth-order valence-electron chi connectivity index (χ4n) is 2.06. The van der Waals surface area contributed by atoms with E-state index in [-0.39, 0.29) is 5.75 Å². The lowest BCUT2D eigenvalue weighted by molar-refractivity contribution is -0.143. The summed E-state index contributed by atoms with van der Waals surface area (Å²) in [4.78, 5) is 0. The van der Waals surface area contributed by atoms with Crippen molar-refractivity contribution < 1.29 is 17.9 Å². The van der Waals surface area contributed by atoms with E-state index in [0.29, 0.717) is 12.8 Å². The molecule has 0 aromatic carbocycles. The van der Waals surface area contributed by atoms with Crippen LogP contribution in [0, 0.1) is 0 Å². The number of aromatic nitrogens is 2.